The molecular formula is C58H70N6S2+2. The van der Waals surface area contributed by atoms with Crippen LogP contribution in [0.15, 0.2) is 48.5 Å². The number of piperidine rings is 4. The van der Waals surface area contributed by atoms with Crippen LogP contribution in [-0.4, -0.2) is 62.3 Å². The number of hydrogen-bond donors (Lipinski definition) is 0. The van der Waals surface area contributed by atoms with Crippen LogP contribution < -0.4 is 29.7 Å². The smallest absolute Gasteiger partial charge is 0.201 e. The Balaban J connectivity index is 0.672. The van der Waals surface area contributed by atoms with E-state index in [1.807, 2.05) is 22.7 Å². The lowest BCUT2D eigenvalue weighted by molar-refractivity contribution is 0.295. The SMILES string of the molecule is CCc1cc(=[N+]2CC3C(C2)C3(C)CCC2(C)C3C[N+](=c4cc5sc6cc(N7CC8C(C7)C8(C)C)cc(C)c6nc-5c(C)c4)CC32)cc2sc3cc(N4CC5C(C4)C5(C)C)cc(CC)c3nc1-2. The molecule has 14 rings (SSSR count). The van der Waals surface area contributed by atoms with Gasteiger partial charge in [0, 0.05) is 85.5 Å². The van der Waals surface area contributed by atoms with Gasteiger partial charge in [-0.25, -0.2) is 19.1 Å². The van der Waals surface area contributed by atoms with Crippen molar-refractivity contribution in [2.24, 2.45) is 69.0 Å². The van der Waals surface area contributed by atoms with Gasteiger partial charge < -0.3 is 9.80 Å². The van der Waals surface area contributed by atoms with E-state index in [1.165, 1.54) is 151 Å². The van der Waals surface area contributed by atoms with Gasteiger partial charge in [-0.2, -0.15) is 0 Å². The maximum absolute atomic E-state index is 5.46. The molecular weight excluding hydrogens is 845 g/mol. The summed E-state index contributed by atoms with van der Waals surface area (Å²) in [5.74, 6) is 6.70. The maximum Gasteiger partial charge on any atom is 0.201 e. The lowest BCUT2D eigenvalue weighted by Crippen LogP contribution is -2.34. The molecule has 4 saturated carbocycles. The second-order valence-corrected chi connectivity index (χ2v) is 27.1. The number of fused-ring (bicyclic) bond motifs is 8. The molecule has 8 unspecified atom stereocenters. The van der Waals surface area contributed by atoms with Gasteiger partial charge in [0.05, 0.1) is 41.6 Å². The fourth-order valence-corrected chi connectivity index (χ4v) is 18.0. The molecule has 0 amide bonds. The lowest BCUT2D eigenvalue weighted by Gasteiger charge is -2.25. The van der Waals surface area contributed by atoms with Crippen molar-refractivity contribution in [3.63, 3.8) is 0 Å². The summed E-state index contributed by atoms with van der Waals surface area (Å²) >= 11 is 3.95. The van der Waals surface area contributed by atoms with Gasteiger partial charge in [0.15, 0.2) is 0 Å². The van der Waals surface area contributed by atoms with Crippen molar-refractivity contribution in [1.29, 1.82) is 0 Å². The second-order valence-electron chi connectivity index (χ2n) is 24.9. The number of rotatable bonds is 7. The topological polar surface area (TPSA) is 38.3 Å². The third-order valence-corrected chi connectivity index (χ3v) is 23.3. The van der Waals surface area contributed by atoms with Crippen LogP contribution in [0.1, 0.15) is 90.5 Å². The van der Waals surface area contributed by atoms with Gasteiger partial charge in [-0.05, 0) is 131 Å². The van der Waals surface area contributed by atoms with Crippen molar-refractivity contribution in [1.82, 2.24) is 19.1 Å². The number of benzene rings is 4. The Hall–Kier alpha value is -3.88. The molecule has 6 nitrogen and oxygen atoms in total. The molecule has 6 aliphatic carbocycles. The molecule has 6 heterocycles. The summed E-state index contributed by atoms with van der Waals surface area (Å²) in [5, 5.41) is 2.84. The van der Waals surface area contributed by atoms with Crippen molar-refractivity contribution in [3.05, 3.63) is 81.5 Å². The van der Waals surface area contributed by atoms with Gasteiger partial charge in [-0.1, -0.05) is 55.4 Å². The molecule has 2 aromatic rings. The van der Waals surface area contributed by atoms with Crippen LogP contribution in [-0.2, 0) is 12.8 Å². The number of nitrogens with zero attached hydrogens (tertiary/aromatic N) is 6. The molecule has 12 aliphatic rings. The number of aryl methyl sites for hydroxylation is 4. The van der Waals surface area contributed by atoms with Gasteiger partial charge >= 0.3 is 0 Å². The monoisotopic (exact) mass is 915 g/mol. The minimum Gasteiger partial charge on any atom is -0.371 e. The first-order chi connectivity index (χ1) is 31.6. The zero-order chi connectivity index (χ0) is 45.1. The zero-order valence-electron chi connectivity index (χ0n) is 41.2. The molecule has 0 N–H and O–H groups in total. The quantitative estimate of drug-likeness (QED) is 0.118. The van der Waals surface area contributed by atoms with E-state index in [0.29, 0.717) is 21.7 Å². The maximum atomic E-state index is 5.46. The van der Waals surface area contributed by atoms with E-state index in [1.54, 1.807) is 0 Å². The average Bonchev–Trinajstić information content (AvgIpc) is 3.92. The first kappa shape index (κ1) is 41.1. The molecule has 66 heavy (non-hydrogen) atoms. The summed E-state index contributed by atoms with van der Waals surface area (Å²) in [7, 11) is 0. The Kier molecular flexibility index (Phi) is 8.39. The van der Waals surface area contributed by atoms with Crippen molar-refractivity contribution in [2.75, 3.05) is 62.2 Å². The summed E-state index contributed by atoms with van der Waals surface area (Å²) in [5.41, 5.74) is 15.1. The molecule has 342 valence electrons. The molecule has 8 heteroatoms. The van der Waals surface area contributed by atoms with Gasteiger partial charge in [0.2, 0.25) is 10.7 Å². The summed E-state index contributed by atoms with van der Waals surface area (Å²) in [4.78, 5) is 18.8. The van der Waals surface area contributed by atoms with Gasteiger partial charge in [0.1, 0.15) is 26.2 Å². The van der Waals surface area contributed by atoms with Crippen molar-refractivity contribution >= 4 is 54.5 Å². The van der Waals surface area contributed by atoms with Crippen molar-refractivity contribution < 1.29 is 0 Å². The highest BCUT2D eigenvalue weighted by Crippen LogP contribution is 2.69. The highest BCUT2D eigenvalue weighted by atomic mass is 32.1. The van der Waals surface area contributed by atoms with Crippen molar-refractivity contribution in [3.8, 4) is 21.1 Å². The molecule has 4 saturated heterocycles. The highest BCUT2D eigenvalue weighted by Gasteiger charge is 2.72. The van der Waals surface area contributed by atoms with E-state index in [0.717, 1.165) is 60.2 Å². The van der Waals surface area contributed by atoms with E-state index in [9.17, 15) is 0 Å². The molecule has 0 aromatic heterocycles. The summed E-state index contributed by atoms with van der Waals surface area (Å²) in [6.45, 7) is 34.0. The van der Waals surface area contributed by atoms with Gasteiger partial charge in [-0.15, -0.1) is 22.7 Å². The molecule has 2 aromatic carbocycles. The van der Waals surface area contributed by atoms with Crippen LogP contribution in [0.3, 0.4) is 0 Å². The lowest BCUT2D eigenvalue weighted by atomic mass is 9.87. The molecule has 0 bridgehead atoms. The van der Waals surface area contributed by atoms with E-state index in [2.05, 4.69) is 137 Å². The average molecular weight is 915 g/mol. The minimum atomic E-state index is 0.496. The van der Waals surface area contributed by atoms with E-state index in [4.69, 9.17) is 9.97 Å². The van der Waals surface area contributed by atoms with E-state index < -0.39 is 0 Å². The fraction of sp³-hybridized carbons (Fsp3) is 0.586. The summed E-state index contributed by atoms with van der Waals surface area (Å²) in [6.07, 6.45) is 4.82. The zero-order valence-corrected chi connectivity index (χ0v) is 42.9. The predicted octanol–water partition coefficient (Wildman–Crippen LogP) is 10.6. The van der Waals surface area contributed by atoms with Crippen LogP contribution in [0.4, 0.5) is 11.4 Å². The van der Waals surface area contributed by atoms with Crippen LogP contribution in [0.5, 0.6) is 0 Å². The molecule has 0 radical (unpaired) electrons. The Morgan fingerprint density at radius 2 is 0.970 bits per heavy atom. The molecule has 0 spiro atoms. The Morgan fingerprint density at radius 3 is 1.48 bits per heavy atom. The Bertz CT molecular complexity index is 3130. The standard InChI is InChI=1S/C58H70N6S2/c1-11-33-17-37(62-25-41-42(26-62)56(41,7)8)21-49-53(33)60-54-34(12-2)18-38(22-50(54)66-49)64-29-45-46(30-64)58(45,10)14-13-57(9)43-27-63(28-44(43)57)36-16-32(4)52-48(20-36)65-47-19-35(15-31(3)51(47)59-52)61-23-39-40(24-61)55(39,5)6/h15-22,39-46H,11-14,23-30H2,1-10H3/q+2. The first-order valence-corrected chi connectivity index (χ1v) is 27.6. The molecule has 6 aliphatic heterocycles. The van der Waals surface area contributed by atoms with E-state index >= 15 is 0 Å². The Morgan fingerprint density at radius 1 is 0.515 bits per heavy atom. The normalized spacial score (nSPS) is 33.9. The number of aromatic nitrogens is 2. The first-order valence-electron chi connectivity index (χ1n) is 26.0. The number of anilines is 2. The van der Waals surface area contributed by atoms with Gasteiger partial charge in [-0.3, -0.25) is 0 Å². The fourth-order valence-electron chi connectivity index (χ4n) is 15.7. The Labute approximate surface area is 400 Å². The second kappa shape index (κ2) is 13.5. The van der Waals surface area contributed by atoms with Gasteiger partial charge in [0.25, 0.3) is 0 Å². The third-order valence-electron chi connectivity index (χ3n) is 21.1. The largest absolute Gasteiger partial charge is 0.371 e. The molecule has 8 fully saturated rings. The van der Waals surface area contributed by atoms with Crippen LogP contribution in [0, 0.1) is 82.9 Å². The van der Waals surface area contributed by atoms with Crippen molar-refractivity contribution in [2.45, 2.75) is 94.9 Å². The van der Waals surface area contributed by atoms with Crippen LogP contribution in [0.25, 0.3) is 41.6 Å². The third kappa shape index (κ3) is 5.75. The highest BCUT2D eigenvalue weighted by molar-refractivity contribution is 7.22. The predicted molar refractivity (Wildman–Crippen MR) is 276 cm³/mol. The molecule has 8 atom stereocenters. The van der Waals surface area contributed by atoms with Crippen LogP contribution in [0.2, 0.25) is 0 Å². The summed E-state index contributed by atoms with van der Waals surface area (Å²) < 4.78 is 8.15. The summed E-state index contributed by atoms with van der Waals surface area (Å²) in [6, 6.07) is 19.7. The van der Waals surface area contributed by atoms with Crippen LogP contribution >= 0.6 is 22.7 Å². The van der Waals surface area contributed by atoms with E-state index in [-0.39, 0.29) is 0 Å². The number of hydrogen-bond acceptors (Lipinski definition) is 6. The minimum absolute atomic E-state index is 0.496.